The van der Waals surface area contributed by atoms with Gasteiger partial charge in [0.15, 0.2) is 6.29 Å². The molecule has 0 spiro atoms. The van der Waals surface area contributed by atoms with E-state index in [9.17, 15) is 5.11 Å². The number of aromatic hydroxyl groups is 1. The third kappa shape index (κ3) is 2.06. The molecule has 1 aliphatic heterocycles. The average molecular weight is 222 g/mol. The fourth-order valence-corrected chi connectivity index (χ4v) is 2.12. The highest BCUT2D eigenvalue weighted by Crippen LogP contribution is 2.38. The summed E-state index contributed by atoms with van der Waals surface area (Å²) in [6, 6.07) is 7.32. The molecular formula is C13H18O3. The maximum Gasteiger partial charge on any atom is 0.156 e. The summed E-state index contributed by atoms with van der Waals surface area (Å²) >= 11 is 0. The lowest BCUT2D eigenvalue weighted by molar-refractivity contribution is -0.256. The molecule has 1 aromatic carbocycles. The number of para-hydroxylation sites is 1. The number of phenolic OH excluding ortho intramolecular Hbond substituents is 1. The van der Waals surface area contributed by atoms with Crippen LogP contribution in [0, 0.1) is 5.92 Å². The quantitative estimate of drug-likeness (QED) is 0.794. The minimum Gasteiger partial charge on any atom is -0.508 e. The summed E-state index contributed by atoms with van der Waals surface area (Å²) in [4.78, 5) is 0. The summed E-state index contributed by atoms with van der Waals surface area (Å²) in [5.41, 5.74) is 0.844. The Kier molecular flexibility index (Phi) is 3.17. The van der Waals surface area contributed by atoms with Crippen LogP contribution < -0.4 is 0 Å². The summed E-state index contributed by atoms with van der Waals surface area (Å²) in [6.07, 6.45) is -0.191. The largest absolute Gasteiger partial charge is 0.508 e. The molecule has 0 aliphatic carbocycles. The number of hydrogen-bond acceptors (Lipinski definition) is 3. The first-order chi connectivity index (χ1) is 7.59. The monoisotopic (exact) mass is 222 g/mol. The first kappa shape index (κ1) is 11.4. The van der Waals surface area contributed by atoms with Crippen molar-refractivity contribution in [3.05, 3.63) is 29.8 Å². The molecule has 1 N–H and O–H groups in total. The van der Waals surface area contributed by atoms with Crippen LogP contribution in [-0.2, 0) is 9.47 Å². The van der Waals surface area contributed by atoms with Gasteiger partial charge in [0.25, 0.3) is 0 Å². The zero-order chi connectivity index (χ0) is 11.7. The van der Waals surface area contributed by atoms with Gasteiger partial charge in [0, 0.05) is 11.5 Å². The Balaban J connectivity index is 2.29. The van der Waals surface area contributed by atoms with Gasteiger partial charge in [0.2, 0.25) is 0 Å². The predicted molar refractivity (Wildman–Crippen MR) is 61.1 cm³/mol. The van der Waals surface area contributed by atoms with Crippen LogP contribution in [0.1, 0.15) is 32.4 Å². The van der Waals surface area contributed by atoms with E-state index in [1.54, 1.807) is 6.07 Å². The molecule has 0 saturated carbocycles. The van der Waals surface area contributed by atoms with Crippen LogP contribution in [0.5, 0.6) is 5.75 Å². The van der Waals surface area contributed by atoms with Gasteiger partial charge in [-0.05, 0) is 19.9 Å². The third-order valence-corrected chi connectivity index (χ3v) is 3.21. The van der Waals surface area contributed by atoms with Gasteiger partial charge in [-0.1, -0.05) is 25.1 Å². The normalized spacial score (nSPS) is 34.9. The fourth-order valence-electron chi connectivity index (χ4n) is 2.12. The van der Waals surface area contributed by atoms with Crippen LogP contribution in [0.25, 0.3) is 0 Å². The second-order valence-electron chi connectivity index (χ2n) is 4.38. The zero-order valence-corrected chi connectivity index (χ0v) is 9.88. The molecule has 0 aromatic heterocycles. The van der Waals surface area contributed by atoms with Gasteiger partial charge in [-0.25, -0.2) is 0 Å². The molecule has 0 unspecified atom stereocenters. The van der Waals surface area contributed by atoms with Gasteiger partial charge >= 0.3 is 0 Å². The number of ether oxygens (including phenoxy) is 2. The van der Waals surface area contributed by atoms with Gasteiger partial charge in [-0.15, -0.1) is 0 Å². The maximum absolute atomic E-state index is 9.83. The van der Waals surface area contributed by atoms with Crippen molar-refractivity contribution < 1.29 is 14.6 Å². The Bertz CT molecular complexity index is 364. The lowest BCUT2D eigenvalue weighted by Gasteiger charge is -2.38. The first-order valence-electron chi connectivity index (χ1n) is 5.68. The van der Waals surface area contributed by atoms with Crippen molar-refractivity contribution in [2.45, 2.75) is 39.3 Å². The van der Waals surface area contributed by atoms with Gasteiger partial charge < -0.3 is 14.6 Å². The van der Waals surface area contributed by atoms with Crippen molar-refractivity contribution in [2.75, 3.05) is 0 Å². The molecule has 3 heteroatoms. The fraction of sp³-hybridized carbons (Fsp3) is 0.538. The van der Waals surface area contributed by atoms with E-state index in [2.05, 4.69) is 6.92 Å². The van der Waals surface area contributed by atoms with Gasteiger partial charge in [0.1, 0.15) is 5.75 Å². The highest BCUT2D eigenvalue weighted by Gasteiger charge is 2.34. The Hall–Kier alpha value is -1.06. The van der Waals surface area contributed by atoms with Crippen LogP contribution in [0.2, 0.25) is 0 Å². The minimum absolute atomic E-state index is 0.0973. The van der Waals surface area contributed by atoms with Crippen LogP contribution >= 0.6 is 0 Å². The van der Waals surface area contributed by atoms with Crippen LogP contribution in [-0.4, -0.2) is 17.5 Å². The Morgan fingerprint density at radius 3 is 2.44 bits per heavy atom. The van der Waals surface area contributed by atoms with E-state index in [1.807, 2.05) is 32.0 Å². The van der Waals surface area contributed by atoms with E-state index in [-0.39, 0.29) is 24.4 Å². The van der Waals surface area contributed by atoms with E-state index in [0.717, 1.165) is 5.56 Å². The van der Waals surface area contributed by atoms with Crippen molar-refractivity contribution >= 4 is 0 Å². The van der Waals surface area contributed by atoms with Crippen LogP contribution in [0.4, 0.5) is 0 Å². The highest BCUT2D eigenvalue weighted by molar-refractivity contribution is 5.34. The Morgan fingerprint density at radius 1 is 1.06 bits per heavy atom. The standard InChI is InChI=1S/C13H18O3/c1-8-9(2)15-10(3)16-13(8)11-6-4-5-7-12(11)14/h4-10,13-14H,1-3H3/t8-,9-,10-,13-/m1/s1. The molecule has 0 radical (unpaired) electrons. The maximum atomic E-state index is 9.83. The Labute approximate surface area is 96.0 Å². The molecule has 0 bridgehead atoms. The molecule has 0 amide bonds. The molecule has 4 atom stereocenters. The van der Waals surface area contributed by atoms with Crippen LogP contribution in [0.3, 0.4) is 0 Å². The van der Waals surface area contributed by atoms with E-state index >= 15 is 0 Å². The van der Waals surface area contributed by atoms with Crippen molar-refractivity contribution in [3.63, 3.8) is 0 Å². The van der Waals surface area contributed by atoms with E-state index in [4.69, 9.17) is 9.47 Å². The summed E-state index contributed by atoms with van der Waals surface area (Å²) in [6.45, 7) is 6.00. The molecule has 1 aliphatic rings. The topological polar surface area (TPSA) is 38.7 Å². The SMILES string of the molecule is C[C@@H]1O[C@H](C)[C@@H](C)[C@H](c2ccccc2O)O1. The average Bonchev–Trinajstić information content (AvgIpc) is 2.24. The van der Waals surface area contributed by atoms with E-state index < -0.39 is 0 Å². The zero-order valence-electron chi connectivity index (χ0n) is 9.88. The van der Waals surface area contributed by atoms with Crippen LogP contribution in [0.15, 0.2) is 24.3 Å². The number of phenols is 1. The van der Waals surface area contributed by atoms with Gasteiger partial charge in [0.05, 0.1) is 12.2 Å². The summed E-state index contributed by atoms with van der Waals surface area (Å²) in [5.74, 6) is 0.519. The summed E-state index contributed by atoms with van der Waals surface area (Å²) in [7, 11) is 0. The summed E-state index contributed by atoms with van der Waals surface area (Å²) in [5, 5.41) is 9.83. The smallest absolute Gasteiger partial charge is 0.156 e. The molecule has 2 rings (SSSR count). The lowest BCUT2D eigenvalue weighted by Crippen LogP contribution is -2.37. The molecule has 1 aromatic rings. The van der Waals surface area contributed by atoms with Gasteiger partial charge in [-0.3, -0.25) is 0 Å². The predicted octanol–water partition coefficient (Wildman–Crippen LogP) is 2.85. The second-order valence-corrected chi connectivity index (χ2v) is 4.38. The van der Waals surface area contributed by atoms with Gasteiger partial charge in [-0.2, -0.15) is 0 Å². The lowest BCUT2D eigenvalue weighted by atomic mass is 9.91. The van der Waals surface area contributed by atoms with E-state index in [1.165, 1.54) is 0 Å². The number of rotatable bonds is 1. The number of benzene rings is 1. The highest BCUT2D eigenvalue weighted by atomic mass is 16.7. The van der Waals surface area contributed by atoms with Crippen molar-refractivity contribution in [1.29, 1.82) is 0 Å². The van der Waals surface area contributed by atoms with Crippen molar-refractivity contribution in [2.24, 2.45) is 5.92 Å². The summed E-state index contributed by atoms with van der Waals surface area (Å²) < 4.78 is 11.3. The molecule has 16 heavy (non-hydrogen) atoms. The third-order valence-electron chi connectivity index (χ3n) is 3.21. The Morgan fingerprint density at radius 2 is 1.75 bits per heavy atom. The molecule has 88 valence electrons. The molecule has 1 heterocycles. The molecular weight excluding hydrogens is 204 g/mol. The first-order valence-corrected chi connectivity index (χ1v) is 5.68. The molecule has 1 fully saturated rings. The minimum atomic E-state index is -0.226. The molecule has 3 nitrogen and oxygen atoms in total. The van der Waals surface area contributed by atoms with Crippen molar-refractivity contribution in [3.8, 4) is 5.75 Å². The second kappa shape index (κ2) is 4.44. The van der Waals surface area contributed by atoms with Crippen molar-refractivity contribution in [1.82, 2.24) is 0 Å². The molecule has 1 saturated heterocycles. The number of hydrogen-bond donors (Lipinski definition) is 1. The van der Waals surface area contributed by atoms with E-state index in [0.29, 0.717) is 5.75 Å².